The second-order valence-electron chi connectivity index (χ2n) is 5.19. The van der Waals surface area contributed by atoms with Crippen molar-refractivity contribution in [2.75, 3.05) is 11.1 Å². The summed E-state index contributed by atoms with van der Waals surface area (Å²) >= 11 is 1.52. The molecule has 0 atom stereocenters. The topological polar surface area (TPSA) is 70.2 Å². The molecule has 0 unspecified atom stereocenters. The van der Waals surface area contributed by atoms with Gasteiger partial charge in [0.2, 0.25) is 5.91 Å². The van der Waals surface area contributed by atoms with Crippen molar-refractivity contribution < 1.29 is 9.59 Å². The lowest BCUT2D eigenvalue weighted by molar-refractivity contribution is -0.113. The number of urea groups is 1. The van der Waals surface area contributed by atoms with E-state index in [0.29, 0.717) is 18.8 Å². The summed E-state index contributed by atoms with van der Waals surface area (Å²) in [6.07, 6.45) is 0. The predicted octanol–water partition coefficient (Wildman–Crippen LogP) is 2.73. The highest BCUT2D eigenvalue weighted by Crippen LogP contribution is 2.31. The Labute approximate surface area is 138 Å². The van der Waals surface area contributed by atoms with Crippen LogP contribution in [-0.2, 0) is 17.9 Å². The largest absolute Gasteiger partial charge is 0.334 e. The maximum Gasteiger partial charge on any atom is 0.315 e. The monoisotopic (exact) mass is 327 g/mol. The van der Waals surface area contributed by atoms with Gasteiger partial charge in [0, 0.05) is 18.0 Å². The van der Waals surface area contributed by atoms with E-state index in [2.05, 4.69) is 16.0 Å². The van der Waals surface area contributed by atoms with Crippen LogP contribution in [0.3, 0.4) is 0 Å². The number of nitrogens with one attached hydrogen (secondary N) is 3. The molecule has 5 nitrogen and oxygen atoms in total. The van der Waals surface area contributed by atoms with Crippen molar-refractivity contribution in [1.82, 2.24) is 10.6 Å². The van der Waals surface area contributed by atoms with Crippen molar-refractivity contribution in [2.24, 2.45) is 0 Å². The zero-order valence-electron chi connectivity index (χ0n) is 12.5. The third-order valence-electron chi connectivity index (χ3n) is 3.43. The van der Waals surface area contributed by atoms with E-state index in [1.165, 1.54) is 11.8 Å². The number of hydrogen-bond acceptors (Lipinski definition) is 3. The highest BCUT2D eigenvalue weighted by atomic mass is 32.2. The zero-order chi connectivity index (χ0) is 16.1. The van der Waals surface area contributed by atoms with Crippen LogP contribution in [0.4, 0.5) is 10.5 Å². The fraction of sp³-hybridized carbons (Fsp3) is 0.176. The summed E-state index contributed by atoms with van der Waals surface area (Å²) < 4.78 is 0. The quantitative estimate of drug-likeness (QED) is 0.809. The molecule has 0 aliphatic carbocycles. The van der Waals surface area contributed by atoms with Crippen LogP contribution in [-0.4, -0.2) is 17.7 Å². The summed E-state index contributed by atoms with van der Waals surface area (Å²) in [4.78, 5) is 24.3. The van der Waals surface area contributed by atoms with Gasteiger partial charge >= 0.3 is 6.03 Å². The highest BCUT2D eigenvalue weighted by molar-refractivity contribution is 8.00. The molecule has 0 fully saturated rings. The fourth-order valence-electron chi connectivity index (χ4n) is 2.26. The molecule has 1 aliphatic heterocycles. The molecular formula is C17H17N3O2S. The molecule has 2 aromatic rings. The summed E-state index contributed by atoms with van der Waals surface area (Å²) in [5.74, 6) is 0.458. The van der Waals surface area contributed by atoms with Crippen molar-refractivity contribution in [1.29, 1.82) is 0 Å². The highest BCUT2D eigenvalue weighted by Gasteiger charge is 2.15. The summed E-state index contributed by atoms with van der Waals surface area (Å²) in [5, 5.41) is 8.48. The molecule has 2 aromatic carbocycles. The van der Waals surface area contributed by atoms with E-state index < -0.39 is 0 Å². The van der Waals surface area contributed by atoms with E-state index in [1.54, 1.807) is 0 Å². The number of benzene rings is 2. The molecule has 0 bridgehead atoms. The second-order valence-corrected chi connectivity index (χ2v) is 6.21. The minimum atomic E-state index is -0.218. The molecule has 1 heterocycles. The minimum Gasteiger partial charge on any atom is -0.334 e. The number of carbonyl (C=O) groups excluding carboxylic acids is 2. The van der Waals surface area contributed by atoms with Gasteiger partial charge in [0.05, 0.1) is 11.4 Å². The number of fused-ring (bicyclic) bond motifs is 1. The van der Waals surface area contributed by atoms with Gasteiger partial charge in [-0.15, -0.1) is 11.8 Å². The maximum atomic E-state index is 11.8. The van der Waals surface area contributed by atoms with Crippen LogP contribution < -0.4 is 16.0 Å². The molecule has 0 radical (unpaired) electrons. The molecular weight excluding hydrogens is 310 g/mol. The summed E-state index contributed by atoms with van der Waals surface area (Å²) in [5.41, 5.74) is 2.81. The number of amides is 3. The van der Waals surface area contributed by atoms with Crippen molar-refractivity contribution in [3.63, 3.8) is 0 Å². The first-order valence-electron chi connectivity index (χ1n) is 7.32. The van der Waals surface area contributed by atoms with Gasteiger partial charge in [-0.2, -0.15) is 0 Å². The summed E-state index contributed by atoms with van der Waals surface area (Å²) in [6.45, 7) is 0.901. The van der Waals surface area contributed by atoms with E-state index in [0.717, 1.165) is 21.7 Å². The molecule has 1 aliphatic rings. The zero-order valence-corrected chi connectivity index (χ0v) is 13.3. The van der Waals surface area contributed by atoms with Gasteiger partial charge in [0.15, 0.2) is 0 Å². The number of anilines is 1. The van der Waals surface area contributed by atoms with Crippen LogP contribution in [0.1, 0.15) is 11.1 Å². The van der Waals surface area contributed by atoms with Crippen LogP contribution in [0.15, 0.2) is 53.4 Å². The Hall–Kier alpha value is -2.47. The molecule has 0 saturated heterocycles. The van der Waals surface area contributed by atoms with E-state index in [1.807, 2.05) is 48.5 Å². The average Bonchev–Trinajstić information content (AvgIpc) is 2.58. The second kappa shape index (κ2) is 7.19. The number of carbonyl (C=O) groups is 2. The molecule has 0 aromatic heterocycles. The van der Waals surface area contributed by atoms with Crippen molar-refractivity contribution in [3.8, 4) is 0 Å². The summed E-state index contributed by atoms with van der Waals surface area (Å²) in [6, 6.07) is 15.4. The van der Waals surface area contributed by atoms with Gasteiger partial charge in [-0.25, -0.2) is 4.79 Å². The van der Waals surface area contributed by atoms with E-state index in [-0.39, 0.29) is 11.9 Å². The molecule has 3 N–H and O–H groups in total. The van der Waals surface area contributed by atoms with Gasteiger partial charge < -0.3 is 16.0 Å². The Morgan fingerprint density at radius 3 is 2.57 bits per heavy atom. The van der Waals surface area contributed by atoms with Crippen LogP contribution >= 0.6 is 11.8 Å². The lowest BCUT2D eigenvalue weighted by atomic mass is 10.2. The first kappa shape index (κ1) is 15.4. The fourth-order valence-corrected chi connectivity index (χ4v) is 3.05. The lowest BCUT2D eigenvalue weighted by Gasteiger charge is -2.17. The van der Waals surface area contributed by atoms with Crippen molar-refractivity contribution >= 4 is 29.4 Å². The van der Waals surface area contributed by atoms with Gasteiger partial charge in [-0.05, 0) is 23.3 Å². The van der Waals surface area contributed by atoms with Crippen LogP contribution in [0, 0.1) is 0 Å². The lowest BCUT2D eigenvalue weighted by Crippen LogP contribution is -2.34. The van der Waals surface area contributed by atoms with Gasteiger partial charge in [0.1, 0.15) is 0 Å². The Kier molecular flexibility index (Phi) is 4.83. The molecule has 0 spiro atoms. The molecule has 3 rings (SSSR count). The Morgan fingerprint density at radius 2 is 1.78 bits per heavy atom. The third kappa shape index (κ3) is 4.26. The standard InChI is InChI=1S/C17H17N3O2S/c21-16-11-23-15-7-6-13(8-14(15)20-16)10-19-17(22)18-9-12-4-2-1-3-5-12/h1-8H,9-11H2,(H,20,21)(H2,18,19,22). The minimum absolute atomic E-state index is 0.00760. The van der Waals surface area contributed by atoms with Gasteiger partial charge in [-0.3, -0.25) is 4.79 Å². The van der Waals surface area contributed by atoms with Crippen molar-refractivity contribution in [3.05, 3.63) is 59.7 Å². The molecule has 118 valence electrons. The predicted molar refractivity (Wildman–Crippen MR) is 91.3 cm³/mol. The molecule has 3 amide bonds. The number of hydrogen-bond donors (Lipinski definition) is 3. The smallest absolute Gasteiger partial charge is 0.315 e. The molecule has 6 heteroatoms. The first-order chi connectivity index (χ1) is 11.2. The Balaban J connectivity index is 1.51. The van der Waals surface area contributed by atoms with Gasteiger partial charge in [0.25, 0.3) is 0 Å². The van der Waals surface area contributed by atoms with Gasteiger partial charge in [-0.1, -0.05) is 36.4 Å². The number of rotatable bonds is 4. The van der Waals surface area contributed by atoms with Crippen LogP contribution in [0.25, 0.3) is 0 Å². The molecule has 0 saturated carbocycles. The van der Waals surface area contributed by atoms with E-state index in [4.69, 9.17) is 0 Å². The average molecular weight is 327 g/mol. The summed E-state index contributed by atoms with van der Waals surface area (Å²) in [7, 11) is 0. The SMILES string of the molecule is O=C1CSc2ccc(CNC(=O)NCc3ccccc3)cc2N1. The van der Waals surface area contributed by atoms with E-state index >= 15 is 0 Å². The van der Waals surface area contributed by atoms with Crippen molar-refractivity contribution in [2.45, 2.75) is 18.0 Å². The first-order valence-corrected chi connectivity index (χ1v) is 8.30. The Morgan fingerprint density at radius 1 is 1.04 bits per heavy atom. The Bertz CT molecular complexity index is 719. The number of thioether (sulfide) groups is 1. The third-order valence-corrected chi connectivity index (χ3v) is 4.50. The maximum absolute atomic E-state index is 11.8. The normalized spacial score (nSPS) is 13.0. The molecule has 23 heavy (non-hydrogen) atoms. The van der Waals surface area contributed by atoms with Crippen LogP contribution in [0.2, 0.25) is 0 Å². The van der Waals surface area contributed by atoms with E-state index in [9.17, 15) is 9.59 Å². The van der Waals surface area contributed by atoms with Crippen LogP contribution in [0.5, 0.6) is 0 Å².